The molecule has 1 amide bonds. The van der Waals surface area contributed by atoms with Crippen LogP contribution in [0.5, 0.6) is 0 Å². The van der Waals surface area contributed by atoms with E-state index in [0.29, 0.717) is 27.6 Å². The second-order valence-corrected chi connectivity index (χ2v) is 11.6. The van der Waals surface area contributed by atoms with E-state index in [4.69, 9.17) is 4.98 Å². The first-order valence-corrected chi connectivity index (χ1v) is 14.6. The predicted molar refractivity (Wildman–Crippen MR) is 157 cm³/mol. The number of hydrogen-bond donors (Lipinski definition) is 1. The van der Waals surface area contributed by atoms with Crippen LogP contribution in [0.15, 0.2) is 75.4 Å². The summed E-state index contributed by atoms with van der Waals surface area (Å²) in [5.41, 5.74) is 3.04. The van der Waals surface area contributed by atoms with Gasteiger partial charge in [0.15, 0.2) is 5.16 Å². The fourth-order valence-electron chi connectivity index (χ4n) is 5.11. The first-order valence-electron chi connectivity index (χ1n) is 12.8. The predicted octanol–water partition coefficient (Wildman–Crippen LogP) is 4.85. The number of benzene rings is 2. The van der Waals surface area contributed by atoms with Crippen LogP contribution >= 0.6 is 23.1 Å². The van der Waals surface area contributed by atoms with Gasteiger partial charge in [0, 0.05) is 11.9 Å². The molecule has 1 N–H and O–H groups in total. The van der Waals surface area contributed by atoms with Crippen molar-refractivity contribution in [2.24, 2.45) is 7.05 Å². The number of hydrogen-bond acceptors (Lipinski definition) is 6. The highest BCUT2D eigenvalue weighted by Crippen LogP contribution is 2.35. The Morgan fingerprint density at radius 1 is 0.974 bits per heavy atom. The van der Waals surface area contributed by atoms with Crippen LogP contribution in [0.2, 0.25) is 0 Å². The maximum atomic E-state index is 13.9. The summed E-state index contributed by atoms with van der Waals surface area (Å²) in [6, 6.07) is 18.7. The molecule has 0 aliphatic heterocycles. The SMILES string of the molecule is Cc1c(NC(=O)CSc2nc3sc4c(c3c(=O)n2-c2ccccc2)CCCC4)c(=O)n(-c2ccccc2)n1C. The number of amides is 1. The molecule has 0 spiro atoms. The number of fused-ring (bicyclic) bond motifs is 3. The second-order valence-electron chi connectivity index (χ2n) is 9.53. The summed E-state index contributed by atoms with van der Waals surface area (Å²) in [7, 11) is 1.78. The zero-order valence-corrected chi connectivity index (χ0v) is 23.3. The molecule has 198 valence electrons. The van der Waals surface area contributed by atoms with Gasteiger partial charge in [0.25, 0.3) is 11.1 Å². The van der Waals surface area contributed by atoms with Crippen molar-refractivity contribution in [3.8, 4) is 11.4 Å². The molecule has 3 aromatic heterocycles. The fourth-order valence-corrected chi connectivity index (χ4v) is 7.22. The molecule has 39 heavy (non-hydrogen) atoms. The van der Waals surface area contributed by atoms with Crippen molar-refractivity contribution in [2.75, 3.05) is 11.1 Å². The number of aromatic nitrogens is 4. The quantitative estimate of drug-likeness (QED) is 0.238. The summed E-state index contributed by atoms with van der Waals surface area (Å²) in [6.07, 6.45) is 4.07. The Kier molecular flexibility index (Phi) is 6.74. The summed E-state index contributed by atoms with van der Waals surface area (Å²) < 4.78 is 4.86. The van der Waals surface area contributed by atoms with E-state index in [1.54, 1.807) is 34.6 Å². The standard InChI is InChI=1S/C29H27N5O3S2/c1-18-25(28(37)34(32(18)2)20-13-7-4-8-14-20)30-23(35)17-38-29-31-26-24(21-15-9-10-16-22(21)39-26)27(36)33(29)19-11-5-3-6-12-19/h3-8,11-14H,9-10,15-17H2,1-2H3,(H,30,35). The molecule has 0 saturated heterocycles. The minimum Gasteiger partial charge on any atom is -0.319 e. The maximum Gasteiger partial charge on any atom is 0.295 e. The maximum absolute atomic E-state index is 13.9. The third-order valence-corrected chi connectivity index (χ3v) is 9.25. The summed E-state index contributed by atoms with van der Waals surface area (Å²) in [6.45, 7) is 1.80. The lowest BCUT2D eigenvalue weighted by molar-refractivity contribution is -0.113. The second kappa shape index (κ2) is 10.3. The Labute approximate surface area is 232 Å². The molecule has 0 saturated carbocycles. The van der Waals surface area contributed by atoms with Gasteiger partial charge in [-0.1, -0.05) is 48.2 Å². The van der Waals surface area contributed by atoms with Gasteiger partial charge in [-0.15, -0.1) is 11.3 Å². The van der Waals surface area contributed by atoms with Gasteiger partial charge in [-0.3, -0.25) is 23.6 Å². The Bertz CT molecular complexity index is 1820. The van der Waals surface area contributed by atoms with Gasteiger partial charge in [0.05, 0.1) is 28.2 Å². The van der Waals surface area contributed by atoms with Crippen molar-refractivity contribution in [3.63, 3.8) is 0 Å². The number of anilines is 1. The van der Waals surface area contributed by atoms with Gasteiger partial charge in [-0.2, -0.15) is 0 Å². The van der Waals surface area contributed by atoms with Crippen LogP contribution in [0.3, 0.4) is 0 Å². The molecule has 3 heterocycles. The van der Waals surface area contributed by atoms with E-state index in [9.17, 15) is 14.4 Å². The highest BCUT2D eigenvalue weighted by atomic mass is 32.2. The molecule has 0 radical (unpaired) electrons. The number of thioether (sulfide) groups is 1. The van der Waals surface area contributed by atoms with Crippen LogP contribution in [0.25, 0.3) is 21.6 Å². The average Bonchev–Trinajstić information content (AvgIpc) is 3.43. The van der Waals surface area contributed by atoms with Crippen molar-refractivity contribution in [2.45, 2.75) is 37.8 Å². The van der Waals surface area contributed by atoms with Crippen LogP contribution in [0.4, 0.5) is 5.69 Å². The Balaban J connectivity index is 1.32. The summed E-state index contributed by atoms with van der Waals surface area (Å²) >= 11 is 2.78. The van der Waals surface area contributed by atoms with E-state index in [1.165, 1.54) is 21.3 Å². The largest absolute Gasteiger partial charge is 0.319 e. The van der Waals surface area contributed by atoms with Crippen LogP contribution < -0.4 is 16.4 Å². The molecule has 6 rings (SSSR count). The van der Waals surface area contributed by atoms with E-state index in [2.05, 4.69) is 5.32 Å². The molecule has 1 aliphatic rings. The van der Waals surface area contributed by atoms with Gasteiger partial charge in [0.1, 0.15) is 10.5 Å². The van der Waals surface area contributed by atoms with E-state index >= 15 is 0 Å². The minimum absolute atomic E-state index is 0.00498. The average molecular weight is 558 g/mol. The van der Waals surface area contributed by atoms with Gasteiger partial charge in [-0.05, 0) is 62.4 Å². The molecule has 8 nitrogen and oxygen atoms in total. The molecular formula is C29H27N5O3S2. The fraction of sp³-hybridized carbons (Fsp3) is 0.241. The third kappa shape index (κ3) is 4.53. The number of thiophene rings is 1. The topological polar surface area (TPSA) is 90.9 Å². The highest BCUT2D eigenvalue weighted by Gasteiger charge is 2.24. The van der Waals surface area contributed by atoms with E-state index < -0.39 is 0 Å². The number of para-hydroxylation sites is 2. The van der Waals surface area contributed by atoms with Crippen LogP contribution in [0, 0.1) is 6.92 Å². The third-order valence-electron chi connectivity index (χ3n) is 7.12. The van der Waals surface area contributed by atoms with Crippen molar-refractivity contribution in [1.29, 1.82) is 0 Å². The molecule has 0 bridgehead atoms. The lowest BCUT2D eigenvalue weighted by Gasteiger charge is -2.13. The lowest BCUT2D eigenvalue weighted by Crippen LogP contribution is -2.25. The Hall–Kier alpha value is -3.89. The van der Waals surface area contributed by atoms with Crippen molar-refractivity contribution in [3.05, 3.63) is 97.5 Å². The summed E-state index contributed by atoms with van der Waals surface area (Å²) in [5.74, 6) is -0.347. The van der Waals surface area contributed by atoms with E-state index in [1.807, 2.05) is 60.7 Å². The first kappa shape index (κ1) is 25.4. The van der Waals surface area contributed by atoms with Gasteiger partial charge in [0.2, 0.25) is 5.91 Å². The highest BCUT2D eigenvalue weighted by molar-refractivity contribution is 7.99. The van der Waals surface area contributed by atoms with Crippen molar-refractivity contribution < 1.29 is 4.79 Å². The zero-order valence-electron chi connectivity index (χ0n) is 21.6. The van der Waals surface area contributed by atoms with E-state index in [0.717, 1.165) is 36.1 Å². The van der Waals surface area contributed by atoms with Crippen LogP contribution in [-0.2, 0) is 24.7 Å². The normalized spacial score (nSPS) is 13.0. The molecule has 0 atom stereocenters. The van der Waals surface area contributed by atoms with Crippen LogP contribution in [0.1, 0.15) is 29.0 Å². The van der Waals surface area contributed by atoms with Gasteiger partial charge in [-0.25, -0.2) is 9.67 Å². The van der Waals surface area contributed by atoms with E-state index in [-0.39, 0.29) is 28.5 Å². The molecule has 1 aliphatic carbocycles. The Morgan fingerprint density at radius 2 is 1.64 bits per heavy atom. The van der Waals surface area contributed by atoms with Crippen LogP contribution in [-0.4, -0.2) is 30.6 Å². The summed E-state index contributed by atoms with van der Waals surface area (Å²) in [4.78, 5) is 47.0. The number of carbonyl (C=O) groups excluding carboxylic acids is 1. The van der Waals surface area contributed by atoms with Crippen molar-refractivity contribution in [1.82, 2.24) is 18.9 Å². The van der Waals surface area contributed by atoms with Crippen molar-refractivity contribution >= 4 is 44.9 Å². The lowest BCUT2D eigenvalue weighted by atomic mass is 9.97. The molecular weight excluding hydrogens is 530 g/mol. The molecule has 0 fully saturated rings. The smallest absolute Gasteiger partial charge is 0.295 e. The molecule has 10 heteroatoms. The first-order chi connectivity index (χ1) is 18.9. The Morgan fingerprint density at radius 3 is 2.36 bits per heavy atom. The number of aryl methyl sites for hydroxylation is 2. The molecule has 5 aromatic rings. The molecule has 2 aromatic carbocycles. The summed E-state index contributed by atoms with van der Waals surface area (Å²) in [5, 5.41) is 3.96. The number of rotatable bonds is 6. The number of nitrogens with zero attached hydrogens (tertiary/aromatic N) is 4. The van der Waals surface area contributed by atoms with Gasteiger partial charge < -0.3 is 5.32 Å². The monoisotopic (exact) mass is 557 g/mol. The number of nitrogens with one attached hydrogen (secondary N) is 1. The molecule has 0 unspecified atom stereocenters. The minimum atomic E-state index is -0.342. The van der Waals surface area contributed by atoms with Gasteiger partial charge >= 0.3 is 0 Å². The number of carbonyl (C=O) groups is 1. The zero-order chi connectivity index (χ0) is 27.1.